The molecule has 2 rings (SSSR count). The molecule has 1 fully saturated rings. The highest BCUT2D eigenvalue weighted by Crippen LogP contribution is 2.30. The number of amides is 2. The highest BCUT2D eigenvalue weighted by atomic mass is 16.5. The van der Waals surface area contributed by atoms with E-state index in [9.17, 15) is 9.59 Å². The second-order valence-electron chi connectivity index (χ2n) is 5.05. The number of anilines is 1. The van der Waals surface area contributed by atoms with Crippen LogP contribution in [0.2, 0.25) is 0 Å². The van der Waals surface area contributed by atoms with E-state index in [1.54, 1.807) is 31.9 Å². The van der Waals surface area contributed by atoms with Gasteiger partial charge in [0, 0.05) is 13.0 Å². The molecule has 102 valence electrons. The van der Waals surface area contributed by atoms with Crippen LogP contribution >= 0.6 is 0 Å². The van der Waals surface area contributed by atoms with Crippen LogP contribution in [0.3, 0.4) is 0 Å². The predicted octanol–water partition coefficient (Wildman–Crippen LogP) is 1.33. The number of ether oxygens (including phenoxy) is 1. The topological polar surface area (TPSA) is 58.6 Å². The smallest absolute Gasteiger partial charge is 0.252 e. The molecule has 1 heterocycles. The van der Waals surface area contributed by atoms with Crippen LogP contribution in [-0.4, -0.2) is 31.0 Å². The Morgan fingerprint density at radius 2 is 1.95 bits per heavy atom. The average molecular weight is 262 g/mol. The van der Waals surface area contributed by atoms with E-state index in [2.05, 4.69) is 5.32 Å². The number of carbonyl (C=O) groups is 2. The van der Waals surface area contributed by atoms with Crippen LogP contribution in [-0.2, 0) is 9.59 Å². The van der Waals surface area contributed by atoms with Crippen molar-refractivity contribution in [2.75, 3.05) is 18.6 Å². The van der Waals surface area contributed by atoms with Crippen molar-refractivity contribution in [2.45, 2.75) is 25.8 Å². The Morgan fingerprint density at radius 1 is 1.26 bits per heavy atom. The van der Waals surface area contributed by atoms with Gasteiger partial charge in [-0.2, -0.15) is 0 Å². The molecular formula is C14H18N2O3. The number of carbonyl (C=O) groups excluding carboxylic acids is 2. The third-order valence-corrected chi connectivity index (χ3v) is 3.17. The molecule has 1 aliphatic heterocycles. The first-order valence-electron chi connectivity index (χ1n) is 6.21. The molecule has 0 atom stereocenters. The van der Waals surface area contributed by atoms with Gasteiger partial charge in [0.15, 0.2) is 0 Å². The van der Waals surface area contributed by atoms with Gasteiger partial charge in [-0.1, -0.05) is 12.1 Å². The third-order valence-electron chi connectivity index (χ3n) is 3.17. The third kappa shape index (κ3) is 2.54. The van der Waals surface area contributed by atoms with Gasteiger partial charge in [-0.15, -0.1) is 0 Å². The quantitative estimate of drug-likeness (QED) is 0.874. The zero-order valence-electron chi connectivity index (χ0n) is 11.4. The summed E-state index contributed by atoms with van der Waals surface area (Å²) in [6, 6.07) is 7.32. The molecule has 5 nitrogen and oxygen atoms in total. The second-order valence-corrected chi connectivity index (χ2v) is 5.05. The number of rotatable bonds is 2. The van der Waals surface area contributed by atoms with Crippen molar-refractivity contribution in [3.63, 3.8) is 0 Å². The van der Waals surface area contributed by atoms with Crippen molar-refractivity contribution in [2.24, 2.45) is 0 Å². The monoisotopic (exact) mass is 262 g/mol. The number of para-hydroxylation sites is 2. The number of benzene rings is 1. The summed E-state index contributed by atoms with van der Waals surface area (Å²) in [7, 11) is 1.57. The lowest BCUT2D eigenvalue weighted by Crippen LogP contribution is -2.53. The van der Waals surface area contributed by atoms with Gasteiger partial charge in [0.2, 0.25) is 5.91 Å². The average Bonchev–Trinajstić information content (AvgIpc) is 2.47. The van der Waals surface area contributed by atoms with Crippen LogP contribution in [0.15, 0.2) is 24.3 Å². The SMILES string of the molecule is COc1ccccc1N1CCC(=O)NC(C)(C)C1=O. The van der Waals surface area contributed by atoms with E-state index in [-0.39, 0.29) is 18.2 Å². The van der Waals surface area contributed by atoms with Crippen LogP contribution < -0.4 is 15.0 Å². The summed E-state index contributed by atoms with van der Waals surface area (Å²) in [5.41, 5.74) is -0.214. The number of nitrogens with zero attached hydrogens (tertiary/aromatic N) is 1. The van der Waals surface area contributed by atoms with E-state index in [1.807, 2.05) is 18.2 Å². The first-order chi connectivity index (χ1) is 8.95. The fourth-order valence-corrected chi connectivity index (χ4v) is 2.20. The molecule has 1 N–H and O–H groups in total. The van der Waals surface area contributed by atoms with Crippen molar-refractivity contribution in [1.29, 1.82) is 0 Å². The fraction of sp³-hybridized carbons (Fsp3) is 0.429. The highest BCUT2D eigenvalue weighted by molar-refractivity contribution is 6.04. The molecule has 1 aromatic carbocycles. The van der Waals surface area contributed by atoms with Gasteiger partial charge in [-0.05, 0) is 26.0 Å². The number of methoxy groups -OCH3 is 1. The van der Waals surface area contributed by atoms with E-state index >= 15 is 0 Å². The van der Waals surface area contributed by atoms with Crippen LogP contribution in [0.4, 0.5) is 5.69 Å². The zero-order chi connectivity index (χ0) is 14.0. The number of nitrogens with one attached hydrogen (secondary N) is 1. The fourth-order valence-electron chi connectivity index (χ4n) is 2.20. The van der Waals surface area contributed by atoms with Crippen LogP contribution in [0.25, 0.3) is 0 Å². The first kappa shape index (κ1) is 13.4. The molecule has 0 aliphatic carbocycles. The van der Waals surface area contributed by atoms with Crippen molar-refractivity contribution >= 4 is 17.5 Å². The molecule has 5 heteroatoms. The normalized spacial score (nSPS) is 18.8. The summed E-state index contributed by atoms with van der Waals surface area (Å²) >= 11 is 0. The maximum atomic E-state index is 12.5. The van der Waals surface area contributed by atoms with E-state index < -0.39 is 5.54 Å². The zero-order valence-corrected chi connectivity index (χ0v) is 11.4. The first-order valence-corrected chi connectivity index (χ1v) is 6.21. The lowest BCUT2D eigenvalue weighted by Gasteiger charge is -2.29. The predicted molar refractivity (Wildman–Crippen MR) is 72.2 cm³/mol. The van der Waals surface area contributed by atoms with E-state index in [0.29, 0.717) is 18.0 Å². The van der Waals surface area contributed by atoms with Crippen molar-refractivity contribution in [3.05, 3.63) is 24.3 Å². The Labute approximate surface area is 112 Å². The van der Waals surface area contributed by atoms with E-state index in [0.717, 1.165) is 0 Å². The Morgan fingerprint density at radius 3 is 2.63 bits per heavy atom. The summed E-state index contributed by atoms with van der Waals surface area (Å²) in [5, 5.41) is 2.73. The second kappa shape index (κ2) is 4.91. The maximum absolute atomic E-state index is 12.5. The molecule has 0 saturated carbocycles. The minimum atomic E-state index is -0.908. The molecule has 1 aliphatic rings. The van der Waals surface area contributed by atoms with Crippen LogP contribution in [0.1, 0.15) is 20.3 Å². The minimum absolute atomic E-state index is 0.115. The van der Waals surface area contributed by atoms with E-state index in [4.69, 9.17) is 4.74 Å². The molecule has 0 bridgehead atoms. The lowest BCUT2D eigenvalue weighted by atomic mass is 10.0. The highest BCUT2D eigenvalue weighted by Gasteiger charge is 2.37. The van der Waals surface area contributed by atoms with Gasteiger partial charge in [-0.25, -0.2) is 0 Å². The molecule has 1 saturated heterocycles. The number of hydrogen-bond acceptors (Lipinski definition) is 3. The lowest BCUT2D eigenvalue weighted by molar-refractivity contribution is -0.128. The molecule has 19 heavy (non-hydrogen) atoms. The number of hydrogen-bond donors (Lipinski definition) is 1. The van der Waals surface area contributed by atoms with Gasteiger partial charge >= 0.3 is 0 Å². The molecule has 0 aromatic heterocycles. The molecule has 0 radical (unpaired) electrons. The Bertz CT molecular complexity index is 511. The molecular weight excluding hydrogens is 244 g/mol. The molecule has 2 amide bonds. The van der Waals surface area contributed by atoms with Crippen molar-refractivity contribution in [3.8, 4) is 5.75 Å². The van der Waals surface area contributed by atoms with Crippen LogP contribution in [0.5, 0.6) is 5.75 Å². The van der Waals surface area contributed by atoms with E-state index in [1.165, 1.54) is 0 Å². The summed E-state index contributed by atoms with van der Waals surface area (Å²) < 4.78 is 5.28. The summed E-state index contributed by atoms with van der Waals surface area (Å²) in [6.07, 6.45) is 0.285. The van der Waals surface area contributed by atoms with Gasteiger partial charge in [0.25, 0.3) is 5.91 Å². The standard InChI is InChI=1S/C14H18N2O3/c1-14(2)13(18)16(9-8-12(17)15-14)10-6-4-5-7-11(10)19-3/h4-7H,8-9H2,1-3H3,(H,15,17). The Kier molecular flexibility index (Phi) is 3.46. The van der Waals surface area contributed by atoms with Crippen LogP contribution in [0, 0.1) is 0 Å². The van der Waals surface area contributed by atoms with Gasteiger partial charge < -0.3 is 15.0 Å². The van der Waals surface area contributed by atoms with Gasteiger partial charge in [0.1, 0.15) is 11.3 Å². The Balaban J connectivity index is 2.42. The molecule has 0 unspecified atom stereocenters. The summed E-state index contributed by atoms with van der Waals surface area (Å²) in [5.74, 6) is 0.375. The molecule has 1 aromatic rings. The maximum Gasteiger partial charge on any atom is 0.252 e. The Hall–Kier alpha value is -2.04. The van der Waals surface area contributed by atoms with Gasteiger partial charge in [0.05, 0.1) is 12.8 Å². The van der Waals surface area contributed by atoms with Crippen molar-refractivity contribution < 1.29 is 14.3 Å². The largest absolute Gasteiger partial charge is 0.495 e. The minimum Gasteiger partial charge on any atom is -0.495 e. The summed E-state index contributed by atoms with van der Waals surface area (Å²) in [6.45, 7) is 3.77. The van der Waals surface area contributed by atoms with Gasteiger partial charge in [-0.3, -0.25) is 9.59 Å². The molecule has 0 spiro atoms. The summed E-state index contributed by atoms with van der Waals surface area (Å²) in [4.78, 5) is 25.8. The van der Waals surface area contributed by atoms with Crippen molar-refractivity contribution in [1.82, 2.24) is 5.32 Å².